The molecule has 2 unspecified atom stereocenters. The van der Waals surface area contributed by atoms with Crippen molar-refractivity contribution in [1.82, 2.24) is 0 Å². The van der Waals surface area contributed by atoms with E-state index in [0.29, 0.717) is 11.6 Å². The number of nitrogen functional groups attached to an aromatic ring is 1. The Bertz CT molecular complexity index is 363. The predicted molar refractivity (Wildman–Crippen MR) is 66.3 cm³/mol. The maximum Gasteiger partial charge on any atom is 0.0535 e. The second-order valence-electron chi connectivity index (χ2n) is 4.05. The van der Waals surface area contributed by atoms with Crippen molar-refractivity contribution in [2.45, 2.75) is 32.1 Å². The van der Waals surface area contributed by atoms with Crippen LogP contribution in [-0.4, -0.2) is 9.96 Å². The van der Waals surface area contributed by atoms with Crippen molar-refractivity contribution >= 4 is 16.5 Å². The van der Waals surface area contributed by atoms with E-state index in [9.17, 15) is 4.21 Å². The summed E-state index contributed by atoms with van der Waals surface area (Å²) in [5.74, 6) is 1.22. The first kappa shape index (κ1) is 12.2. The van der Waals surface area contributed by atoms with Crippen LogP contribution in [0.25, 0.3) is 0 Å². The minimum absolute atomic E-state index is 0.492. The Morgan fingerprint density at radius 2 is 2.13 bits per heavy atom. The van der Waals surface area contributed by atoms with Gasteiger partial charge >= 0.3 is 0 Å². The predicted octanol–water partition coefficient (Wildman–Crippen LogP) is 2.73. The standard InChI is InChI=1S/C12H19NOS/c1-4-9(2)8-15(14)12-7-11(13)6-5-10(12)3/h5-7,9H,4,8,13H2,1-3H3. The zero-order valence-electron chi connectivity index (χ0n) is 9.62. The third kappa shape index (κ3) is 3.34. The smallest absolute Gasteiger partial charge is 0.0535 e. The Morgan fingerprint density at radius 3 is 2.73 bits per heavy atom. The number of benzene rings is 1. The van der Waals surface area contributed by atoms with Crippen LogP contribution in [0.4, 0.5) is 5.69 Å². The summed E-state index contributed by atoms with van der Waals surface area (Å²) in [6.07, 6.45) is 1.06. The molecule has 0 saturated carbocycles. The van der Waals surface area contributed by atoms with Crippen molar-refractivity contribution in [2.24, 2.45) is 5.92 Å². The molecule has 2 N–H and O–H groups in total. The number of hydrogen-bond donors (Lipinski definition) is 1. The summed E-state index contributed by atoms with van der Waals surface area (Å²) in [5.41, 5.74) is 7.44. The van der Waals surface area contributed by atoms with Gasteiger partial charge in [0.05, 0.1) is 10.8 Å². The van der Waals surface area contributed by atoms with Gasteiger partial charge in [0.25, 0.3) is 0 Å². The first-order chi connectivity index (χ1) is 7.04. The molecule has 15 heavy (non-hydrogen) atoms. The van der Waals surface area contributed by atoms with Gasteiger partial charge in [-0.2, -0.15) is 0 Å². The Balaban J connectivity index is 2.86. The molecule has 0 bridgehead atoms. The maximum absolute atomic E-state index is 12.0. The van der Waals surface area contributed by atoms with Crippen molar-refractivity contribution in [1.29, 1.82) is 0 Å². The molecule has 0 saturated heterocycles. The van der Waals surface area contributed by atoms with Gasteiger partial charge in [0.15, 0.2) is 0 Å². The third-order valence-electron chi connectivity index (χ3n) is 2.59. The van der Waals surface area contributed by atoms with Crippen LogP contribution in [0.1, 0.15) is 25.8 Å². The minimum atomic E-state index is -0.915. The fourth-order valence-corrected chi connectivity index (χ4v) is 2.95. The molecule has 0 aromatic heterocycles. The van der Waals surface area contributed by atoms with Crippen molar-refractivity contribution < 1.29 is 4.21 Å². The number of hydrogen-bond acceptors (Lipinski definition) is 2. The molecule has 2 atom stereocenters. The largest absolute Gasteiger partial charge is 0.399 e. The summed E-state index contributed by atoms with van der Waals surface area (Å²) < 4.78 is 12.0. The summed E-state index contributed by atoms with van der Waals surface area (Å²) in [6, 6.07) is 5.60. The second-order valence-corrected chi connectivity index (χ2v) is 5.51. The van der Waals surface area contributed by atoms with E-state index in [1.165, 1.54) is 0 Å². The summed E-state index contributed by atoms with van der Waals surface area (Å²) in [7, 11) is -0.915. The van der Waals surface area contributed by atoms with Crippen LogP contribution in [-0.2, 0) is 10.8 Å². The van der Waals surface area contributed by atoms with E-state index in [1.54, 1.807) is 0 Å². The molecule has 1 aromatic carbocycles. The molecule has 0 fully saturated rings. The Kier molecular flexibility index (Phi) is 4.33. The first-order valence-electron chi connectivity index (χ1n) is 5.29. The Labute approximate surface area is 94.3 Å². The zero-order valence-corrected chi connectivity index (χ0v) is 10.4. The molecular formula is C12H19NOS. The molecule has 2 nitrogen and oxygen atoms in total. The molecule has 1 rings (SSSR count). The van der Waals surface area contributed by atoms with Crippen LogP contribution >= 0.6 is 0 Å². The minimum Gasteiger partial charge on any atom is -0.399 e. The first-order valence-corrected chi connectivity index (χ1v) is 6.61. The van der Waals surface area contributed by atoms with Crippen LogP contribution in [0.2, 0.25) is 0 Å². The fraction of sp³-hybridized carbons (Fsp3) is 0.500. The normalized spacial score (nSPS) is 14.9. The van der Waals surface area contributed by atoms with Gasteiger partial charge in [-0.25, -0.2) is 0 Å². The number of aryl methyl sites for hydroxylation is 1. The zero-order chi connectivity index (χ0) is 11.4. The van der Waals surface area contributed by atoms with Crippen LogP contribution in [0.3, 0.4) is 0 Å². The molecule has 84 valence electrons. The topological polar surface area (TPSA) is 43.1 Å². The monoisotopic (exact) mass is 225 g/mol. The number of rotatable bonds is 4. The van der Waals surface area contributed by atoms with Gasteiger partial charge in [0.2, 0.25) is 0 Å². The molecule has 1 aromatic rings. The second kappa shape index (κ2) is 5.31. The van der Waals surface area contributed by atoms with Gasteiger partial charge in [0.1, 0.15) is 0 Å². The van der Waals surface area contributed by atoms with Crippen molar-refractivity contribution in [2.75, 3.05) is 11.5 Å². The van der Waals surface area contributed by atoms with E-state index in [4.69, 9.17) is 5.73 Å². The molecule has 0 aliphatic heterocycles. The van der Waals surface area contributed by atoms with Crippen molar-refractivity contribution in [3.8, 4) is 0 Å². The molecular weight excluding hydrogens is 206 g/mol. The van der Waals surface area contributed by atoms with Crippen LogP contribution < -0.4 is 5.73 Å². The van der Waals surface area contributed by atoms with E-state index in [1.807, 2.05) is 25.1 Å². The lowest BCUT2D eigenvalue weighted by Gasteiger charge is -2.10. The van der Waals surface area contributed by atoms with Gasteiger partial charge in [-0.1, -0.05) is 26.3 Å². The average molecular weight is 225 g/mol. The molecule has 0 spiro atoms. The van der Waals surface area contributed by atoms with E-state index >= 15 is 0 Å². The van der Waals surface area contributed by atoms with Gasteiger partial charge in [-0.15, -0.1) is 0 Å². The summed E-state index contributed by atoms with van der Waals surface area (Å²) in [5, 5.41) is 0. The lowest BCUT2D eigenvalue weighted by Crippen LogP contribution is -2.08. The molecule has 0 radical (unpaired) electrons. The van der Waals surface area contributed by atoms with E-state index < -0.39 is 10.8 Å². The summed E-state index contributed by atoms with van der Waals surface area (Å²) >= 11 is 0. The summed E-state index contributed by atoms with van der Waals surface area (Å²) in [6.45, 7) is 6.22. The van der Waals surface area contributed by atoms with Gasteiger partial charge in [-0.3, -0.25) is 4.21 Å². The SMILES string of the molecule is CCC(C)CS(=O)c1cc(N)ccc1C. The van der Waals surface area contributed by atoms with Crippen molar-refractivity contribution in [3.63, 3.8) is 0 Å². The van der Waals surface area contributed by atoms with E-state index in [-0.39, 0.29) is 0 Å². The van der Waals surface area contributed by atoms with Gasteiger partial charge in [0, 0.05) is 16.3 Å². The fourth-order valence-electron chi connectivity index (χ4n) is 1.33. The molecule has 0 heterocycles. The Morgan fingerprint density at radius 1 is 1.47 bits per heavy atom. The maximum atomic E-state index is 12.0. The lowest BCUT2D eigenvalue weighted by atomic mass is 10.2. The van der Waals surface area contributed by atoms with E-state index in [2.05, 4.69) is 13.8 Å². The molecule has 0 aliphatic rings. The van der Waals surface area contributed by atoms with Crippen LogP contribution in [0.15, 0.2) is 23.1 Å². The quantitative estimate of drug-likeness (QED) is 0.801. The average Bonchev–Trinajstić information content (AvgIpc) is 2.21. The molecule has 0 amide bonds. The van der Waals surface area contributed by atoms with Gasteiger partial charge < -0.3 is 5.73 Å². The Hall–Kier alpha value is -0.830. The third-order valence-corrected chi connectivity index (χ3v) is 4.39. The van der Waals surface area contributed by atoms with Crippen LogP contribution in [0, 0.1) is 12.8 Å². The van der Waals surface area contributed by atoms with E-state index in [0.717, 1.165) is 22.6 Å². The highest BCUT2D eigenvalue weighted by atomic mass is 32.2. The number of nitrogens with two attached hydrogens (primary N) is 1. The summed E-state index contributed by atoms with van der Waals surface area (Å²) in [4.78, 5) is 0.885. The number of anilines is 1. The lowest BCUT2D eigenvalue weighted by molar-refractivity contribution is 0.615. The van der Waals surface area contributed by atoms with Crippen LogP contribution in [0.5, 0.6) is 0 Å². The van der Waals surface area contributed by atoms with Crippen molar-refractivity contribution in [3.05, 3.63) is 23.8 Å². The van der Waals surface area contributed by atoms with Gasteiger partial charge in [-0.05, 0) is 30.5 Å². The highest BCUT2D eigenvalue weighted by molar-refractivity contribution is 7.85. The molecule has 3 heteroatoms. The molecule has 0 aliphatic carbocycles. The highest BCUT2D eigenvalue weighted by Crippen LogP contribution is 2.19. The highest BCUT2D eigenvalue weighted by Gasteiger charge is 2.10.